The SMILES string of the molecule is CC(C)Cc1ccc([C@@H](C)C(=O)NCCO)cc1. The maximum atomic E-state index is 11.7. The van der Waals surface area contributed by atoms with Crippen LogP contribution in [-0.4, -0.2) is 24.2 Å². The monoisotopic (exact) mass is 249 g/mol. The van der Waals surface area contributed by atoms with Crippen molar-refractivity contribution in [2.45, 2.75) is 33.1 Å². The van der Waals surface area contributed by atoms with E-state index in [1.165, 1.54) is 5.56 Å². The van der Waals surface area contributed by atoms with Crippen LogP contribution < -0.4 is 5.32 Å². The summed E-state index contributed by atoms with van der Waals surface area (Å²) in [6.45, 7) is 6.56. The number of nitrogens with one attached hydrogen (secondary N) is 1. The number of aliphatic hydroxyl groups is 1. The molecule has 1 aromatic carbocycles. The van der Waals surface area contributed by atoms with Gasteiger partial charge in [-0.2, -0.15) is 0 Å². The summed E-state index contributed by atoms with van der Waals surface area (Å²) in [7, 11) is 0. The summed E-state index contributed by atoms with van der Waals surface area (Å²) in [5.74, 6) is 0.423. The number of aliphatic hydroxyl groups excluding tert-OH is 1. The number of carbonyl (C=O) groups excluding carboxylic acids is 1. The largest absolute Gasteiger partial charge is 0.395 e. The van der Waals surface area contributed by atoms with Gasteiger partial charge < -0.3 is 10.4 Å². The first-order valence-electron chi connectivity index (χ1n) is 6.52. The van der Waals surface area contributed by atoms with E-state index in [-0.39, 0.29) is 18.4 Å². The van der Waals surface area contributed by atoms with Gasteiger partial charge in [0.15, 0.2) is 0 Å². The Bertz CT molecular complexity index is 371. The molecule has 0 heterocycles. The Kier molecular flexibility index (Phi) is 5.86. The Morgan fingerprint density at radius 1 is 1.22 bits per heavy atom. The number of rotatable bonds is 6. The molecule has 0 fully saturated rings. The van der Waals surface area contributed by atoms with E-state index in [4.69, 9.17) is 5.11 Å². The van der Waals surface area contributed by atoms with E-state index < -0.39 is 0 Å². The number of amides is 1. The molecule has 18 heavy (non-hydrogen) atoms. The van der Waals surface area contributed by atoms with Gasteiger partial charge in [-0.25, -0.2) is 0 Å². The van der Waals surface area contributed by atoms with Crippen molar-refractivity contribution in [2.75, 3.05) is 13.2 Å². The molecule has 0 saturated carbocycles. The molecule has 1 atom stereocenters. The molecule has 0 aliphatic rings. The molecule has 0 radical (unpaired) electrons. The molecule has 100 valence electrons. The maximum Gasteiger partial charge on any atom is 0.227 e. The van der Waals surface area contributed by atoms with Crippen LogP contribution in [-0.2, 0) is 11.2 Å². The molecule has 1 amide bonds. The molecule has 0 aromatic heterocycles. The second kappa shape index (κ2) is 7.17. The van der Waals surface area contributed by atoms with Crippen molar-refractivity contribution in [3.8, 4) is 0 Å². The quantitative estimate of drug-likeness (QED) is 0.811. The average Bonchev–Trinajstić information content (AvgIpc) is 2.35. The maximum absolute atomic E-state index is 11.7. The second-order valence-corrected chi connectivity index (χ2v) is 5.08. The van der Waals surface area contributed by atoms with Gasteiger partial charge in [-0.15, -0.1) is 0 Å². The zero-order chi connectivity index (χ0) is 13.5. The summed E-state index contributed by atoms with van der Waals surface area (Å²) in [4.78, 5) is 11.7. The summed E-state index contributed by atoms with van der Waals surface area (Å²) in [5.41, 5.74) is 2.31. The minimum Gasteiger partial charge on any atom is -0.395 e. The van der Waals surface area contributed by atoms with Gasteiger partial charge in [0.25, 0.3) is 0 Å². The molecule has 0 bridgehead atoms. The predicted molar refractivity (Wildman–Crippen MR) is 73.5 cm³/mol. The fourth-order valence-electron chi connectivity index (χ4n) is 1.90. The van der Waals surface area contributed by atoms with Crippen LogP contribution in [0.25, 0.3) is 0 Å². The predicted octanol–water partition coefficient (Wildman–Crippen LogP) is 2.10. The molecule has 0 unspecified atom stereocenters. The van der Waals surface area contributed by atoms with Crippen molar-refractivity contribution in [3.63, 3.8) is 0 Å². The van der Waals surface area contributed by atoms with Crippen LogP contribution in [0.2, 0.25) is 0 Å². The highest BCUT2D eigenvalue weighted by Gasteiger charge is 2.14. The highest BCUT2D eigenvalue weighted by atomic mass is 16.3. The van der Waals surface area contributed by atoms with E-state index in [1.807, 2.05) is 19.1 Å². The minimum atomic E-state index is -0.176. The van der Waals surface area contributed by atoms with E-state index in [0.717, 1.165) is 12.0 Å². The Labute approximate surface area is 109 Å². The molecule has 0 spiro atoms. The zero-order valence-electron chi connectivity index (χ0n) is 11.4. The normalized spacial score (nSPS) is 12.5. The smallest absolute Gasteiger partial charge is 0.227 e. The van der Waals surface area contributed by atoms with Crippen molar-refractivity contribution >= 4 is 5.91 Å². The van der Waals surface area contributed by atoms with Crippen LogP contribution in [0.5, 0.6) is 0 Å². The first kappa shape index (κ1) is 14.7. The van der Waals surface area contributed by atoms with Gasteiger partial charge in [-0.05, 0) is 30.4 Å². The number of benzene rings is 1. The molecule has 1 aromatic rings. The molecular formula is C15H23NO2. The van der Waals surface area contributed by atoms with Gasteiger partial charge in [0, 0.05) is 6.54 Å². The molecule has 3 nitrogen and oxygen atoms in total. The Morgan fingerprint density at radius 2 is 1.83 bits per heavy atom. The molecule has 1 rings (SSSR count). The van der Waals surface area contributed by atoms with Gasteiger partial charge in [0.05, 0.1) is 12.5 Å². The highest BCUT2D eigenvalue weighted by molar-refractivity contribution is 5.83. The van der Waals surface area contributed by atoms with E-state index in [1.54, 1.807) is 0 Å². The van der Waals surface area contributed by atoms with Gasteiger partial charge in [0.2, 0.25) is 5.91 Å². The van der Waals surface area contributed by atoms with Crippen molar-refractivity contribution in [3.05, 3.63) is 35.4 Å². The Balaban J connectivity index is 2.63. The van der Waals surface area contributed by atoms with Crippen LogP contribution in [0.4, 0.5) is 0 Å². The van der Waals surface area contributed by atoms with E-state index >= 15 is 0 Å². The van der Waals surface area contributed by atoms with Crippen LogP contribution in [0.15, 0.2) is 24.3 Å². The number of hydrogen-bond donors (Lipinski definition) is 2. The van der Waals surface area contributed by atoms with E-state index in [2.05, 4.69) is 31.3 Å². The Morgan fingerprint density at radius 3 is 2.33 bits per heavy atom. The number of hydrogen-bond acceptors (Lipinski definition) is 2. The fraction of sp³-hybridized carbons (Fsp3) is 0.533. The van der Waals surface area contributed by atoms with Crippen LogP contribution in [0.1, 0.15) is 37.8 Å². The highest BCUT2D eigenvalue weighted by Crippen LogP contribution is 2.17. The minimum absolute atomic E-state index is 0.0220. The summed E-state index contributed by atoms with van der Waals surface area (Å²) in [6, 6.07) is 8.21. The van der Waals surface area contributed by atoms with E-state index in [9.17, 15) is 4.79 Å². The van der Waals surface area contributed by atoms with Crippen LogP contribution in [0, 0.1) is 5.92 Å². The lowest BCUT2D eigenvalue weighted by atomic mass is 9.96. The summed E-state index contributed by atoms with van der Waals surface area (Å²) >= 11 is 0. The van der Waals surface area contributed by atoms with Gasteiger partial charge in [-0.1, -0.05) is 38.1 Å². The lowest BCUT2D eigenvalue weighted by Gasteiger charge is -2.13. The summed E-state index contributed by atoms with van der Waals surface area (Å²) < 4.78 is 0. The van der Waals surface area contributed by atoms with Crippen molar-refractivity contribution in [1.82, 2.24) is 5.32 Å². The van der Waals surface area contributed by atoms with Crippen molar-refractivity contribution in [1.29, 1.82) is 0 Å². The van der Waals surface area contributed by atoms with Crippen LogP contribution in [0.3, 0.4) is 0 Å². The van der Waals surface area contributed by atoms with E-state index in [0.29, 0.717) is 12.5 Å². The topological polar surface area (TPSA) is 49.3 Å². The first-order chi connectivity index (χ1) is 8.54. The van der Waals surface area contributed by atoms with Gasteiger partial charge >= 0.3 is 0 Å². The third-order valence-corrected chi connectivity index (χ3v) is 2.93. The lowest BCUT2D eigenvalue weighted by molar-refractivity contribution is -0.122. The third kappa shape index (κ3) is 4.49. The zero-order valence-corrected chi connectivity index (χ0v) is 11.4. The molecule has 0 aliphatic carbocycles. The number of carbonyl (C=O) groups is 1. The molecule has 0 aliphatic heterocycles. The molecule has 3 heteroatoms. The first-order valence-corrected chi connectivity index (χ1v) is 6.52. The standard InChI is InChI=1S/C15H23NO2/c1-11(2)10-13-4-6-14(7-5-13)12(3)15(18)16-8-9-17/h4-7,11-12,17H,8-10H2,1-3H3,(H,16,18)/t12-/m1/s1. The third-order valence-electron chi connectivity index (χ3n) is 2.93. The van der Waals surface area contributed by atoms with Crippen LogP contribution >= 0.6 is 0 Å². The van der Waals surface area contributed by atoms with Crippen molar-refractivity contribution in [2.24, 2.45) is 5.92 Å². The molecule has 2 N–H and O–H groups in total. The van der Waals surface area contributed by atoms with Gasteiger partial charge in [-0.3, -0.25) is 4.79 Å². The summed E-state index contributed by atoms with van der Waals surface area (Å²) in [5, 5.41) is 11.4. The lowest BCUT2D eigenvalue weighted by Crippen LogP contribution is -2.30. The summed E-state index contributed by atoms with van der Waals surface area (Å²) in [6.07, 6.45) is 1.06. The Hall–Kier alpha value is -1.35. The van der Waals surface area contributed by atoms with Gasteiger partial charge in [0.1, 0.15) is 0 Å². The second-order valence-electron chi connectivity index (χ2n) is 5.08. The molecular weight excluding hydrogens is 226 g/mol. The molecule has 0 saturated heterocycles. The fourth-order valence-corrected chi connectivity index (χ4v) is 1.90. The van der Waals surface area contributed by atoms with Crippen molar-refractivity contribution < 1.29 is 9.90 Å². The average molecular weight is 249 g/mol.